The second kappa shape index (κ2) is 7.18. The van der Waals surface area contributed by atoms with Gasteiger partial charge in [0.05, 0.1) is 0 Å². The molecule has 2 heterocycles. The molecule has 0 aliphatic heterocycles. The molecule has 0 atom stereocenters. The van der Waals surface area contributed by atoms with E-state index in [1.165, 1.54) is 6.92 Å². The van der Waals surface area contributed by atoms with Crippen LogP contribution in [0.1, 0.15) is 12.6 Å². The molecule has 0 aliphatic carbocycles. The first-order valence-corrected chi connectivity index (χ1v) is 8.21. The van der Waals surface area contributed by atoms with Crippen molar-refractivity contribution in [3.05, 3.63) is 54.4 Å². The summed E-state index contributed by atoms with van der Waals surface area (Å²) in [5.41, 5.74) is 2.71. The number of amides is 1. The van der Waals surface area contributed by atoms with Crippen LogP contribution in [0.15, 0.2) is 58.6 Å². The van der Waals surface area contributed by atoms with Gasteiger partial charge in [-0.05, 0) is 43.3 Å². The van der Waals surface area contributed by atoms with Gasteiger partial charge in [0.25, 0.3) is 0 Å². The zero-order valence-electron chi connectivity index (χ0n) is 13.3. The Morgan fingerprint density at radius 3 is 2.58 bits per heavy atom. The van der Waals surface area contributed by atoms with Gasteiger partial charge in [-0.25, -0.2) is 4.98 Å². The second-order valence-corrected chi connectivity index (χ2v) is 6.35. The molecular formula is C17H17N5OS. The van der Waals surface area contributed by atoms with Gasteiger partial charge in [0.15, 0.2) is 5.82 Å². The number of rotatable bonds is 5. The van der Waals surface area contributed by atoms with Crippen LogP contribution in [0.25, 0.3) is 0 Å². The number of benzene rings is 1. The number of pyridine rings is 1. The number of H-pyrrole nitrogens is 1. The molecule has 0 saturated heterocycles. The molecule has 0 saturated carbocycles. The molecule has 3 N–H and O–H groups in total. The number of nitrogens with one attached hydrogen (secondary N) is 3. The van der Waals surface area contributed by atoms with Crippen LogP contribution in [0.2, 0.25) is 0 Å². The van der Waals surface area contributed by atoms with Gasteiger partial charge in [0.2, 0.25) is 5.91 Å². The average Bonchev–Trinajstić information content (AvgIpc) is 2.94. The van der Waals surface area contributed by atoms with Crippen LogP contribution in [0.3, 0.4) is 0 Å². The van der Waals surface area contributed by atoms with Crippen LogP contribution >= 0.6 is 11.8 Å². The minimum Gasteiger partial charge on any atom is -0.339 e. The van der Waals surface area contributed by atoms with Gasteiger partial charge in [0.1, 0.15) is 5.03 Å². The summed E-state index contributed by atoms with van der Waals surface area (Å²) >= 11 is 1.55. The average molecular weight is 339 g/mol. The summed E-state index contributed by atoms with van der Waals surface area (Å²) in [6.07, 6.45) is 1.76. The van der Waals surface area contributed by atoms with Gasteiger partial charge in [-0.15, -0.1) is 0 Å². The molecule has 0 bridgehead atoms. The quantitative estimate of drug-likeness (QED) is 0.655. The first-order valence-electron chi connectivity index (χ1n) is 7.39. The van der Waals surface area contributed by atoms with Gasteiger partial charge >= 0.3 is 0 Å². The molecule has 3 aromatic rings. The molecule has 24 heavy (non-hydrogen) atoms. The molecule has 0 spiro atoms. The number of hydrogen-bond donors (Lipinski definition) is 3. The number of carbonyl (C=O) groups is 1. The molecular weight excluding hydrogens is 322 g/mol. The van der Waals surface area contributed by atoms with Gasteiger partial charge < -0.3 is 10.6 Å². The van der Waals surface area contributed by atoms with Crippen molar-refractivity contribution in [3.8, 4) is 0 Å². The third-order valence-corrected chi connectivity index (χ3v) is 4.05. The fourth-order valence-corrected chi connectivity index (χ4v) is 2.92. The van der Waals surface area contributed by atoms with Crippen LogP contribution in [0.4, 0.5) is 17.2 Å². The number of aromatic nitrogens is 3. The molecule has 7 heteroatoms. The number of aryl methyl sites for hydroxylation is 1. The number of carbonyl (C=O) groups excluding carboxylic acids is 1. The minimum absolute atomic E-state index is 0.0792. The Morgan fingerprint density at radius 1 is 1.12 bits per heavy atom. The van der Waals surface area contributed by atoms with E-state index in [0.29, 0.717) is 0 Å². The normalized spacial score (nSPS) is 10.4. The zero-order chi connectivity index (χ0) is 16.9. The SMILES string of the molecule is CC(=O)Nc1ccc(Sc2cc(Nc3cc(C)[nH]n3)ccn2)cc1. The number of nitrogens with zero attached hydrogens (tertiary/aromatic N) is 2. The molecule has 6 nitrogen and oxygen atoms in total. The third-order valence-electron chi connectivity index (χ3n) is 3.11. The van der Waals surface area contributed by atoms with Crippen molar-refractivity contribution in [3.63, 3.8) is 0 Å². The summed E-state index contributed by atoms with van der Waals surface area (Å²) in [4.78, 5) is 16.5. The summed E-state index contributed by atoms with van der Waals surface area (Å²) in [6, 6.07) is 13.5. The standard InChI is InChI=1S/C17H17N5OS/c1-11-9-16(22-21-11)20-14-7-8-18-17(10-14)24-15-5-3-13(4-6-15)19-12(2)23/h3-10H,1-2H3,(H,19,23)(H2,18,20,21,22). The third kappa shape index (κ3) is 4.36. The van der Waals surface area contributed by atoms with Crippen molar-refractivity contribution in [2.75, 3.05) is 10.6 Å². The predicted molar refractivity (Wildman–Crippen MR) is 95.7 cm³/mol. The molecule has 0 aliphatic rings. The lowest BCUT2D eigenvalue weighted by Gasteiger charge is -2.06. The Morgan fingerprint density at radius 2 is 1.92 bits per heavy atom. The van der Waals surface area contributed by atoms with Crippen molar-refractivity contribution >= 4 is 34.9 Å². The van der Waals surface area contributed by atoms with E-state index in [-0.39, 0.29) is 5.91 Å². The first-order chi connectivity index (χ1) is 11.6. The Bertz CT molecular complexity index is 844. The summed E-state index contributed by atoms with van der Waals surface area (Å²) in [7, 11) is 0. The lowest BCUT2D eigenvalue weighted by molar-refractivity contribution is -0.114. The van der Waals surface area contributed by atoms with Crippen LogP contribution < -0.4 is 10.6 Å². The lowest BCUT2D eigenvalue weighted by Crippen LogP contribution is -2.05. The second-order valence-electron chi connectivity index (χ2n) is 5.25. The number of aromatic amines is 1. The van der Waals surface area contributed by atoms with Crippen LogP contribution in [-0.2, 0) is 4.79 Å². The molecule has 1 aromatic carbocycles. The topological polar surface area (TPSA) is 82.7 Å². The van der Waals surface area contributed by atoms with Gasteiger partial charge in [-0.1, -0.05) is 11.8 Å². The summed E-state index contributed by atoms with van der Waals surface area (Å²) < 4.78 is 0. The van der Waals surface area contributed by atoms with Gasteiger partial charge in [0, 0.05) is 41.2 Å². The van der Waals surface area contributed by atoms with E-state index in [9.17, 15) is 4.79 Å². The largest absolute Gasteiger partial charge is 0.339 e. The van der Waals surface area contributed by atoms with E-state index in [1.54, 1.807) is 18.0 Å². The Labute approximate surface area is 144 Å². The summed E-state index contributed by atoms with van der Waals surface area (Å²) in [6.45, 7) is 3.45. The monoisotopic (exact) mass is 339 g/mol. The van der Waals surface area contributed by atoms with E-state index in [2.05, 4.69) is 25.8 Å². The summed E-state index contributed by atoms with van der Waals surface area (Å²) in [5, 5.41) is 13.9. The maximum absolute atomic E-state index is 11.0. The summed E-state index contributed by atoms with van der Waals surface area (Å²) in [5.74, 6) is 0.693. The Hall–Kier alpha value is -2.80. The number of anilines is 3. The van der Waals surface area contributed by atoms with Crippen LogP contribution in [0.5, 0.6) is 0 Å². The van der Waals surface area contributed by atoms with Crippen LogP contribution in [0, 0.1) is 6.92 Å². The molecule has 122 valence electrons. The van der Waals surface area contributed by atoms with Crippen molar-refractivity contribution in [1.29, 1.82) is 0 Å². The first kappa shape index (κ1) is 16.1. The van der Waals surface area contributed by atoms with E-state index in [0.717, 1.165) is 32.8 Å². The highest BCUT2D eigenvalue weighted by Crippen LogP contribution is 2.29. The predicted octanol–water partition coefficient (Wildman–Crippen LogP) is 3.97. The van der Waals surface area contributed by atoms with Crippen molar-refractivity contribution in [1.82, 2.24) is 15.2 Å². The number of hydrogen-bond acceptors (Lipinski definition) is 5. The van der Waals surface area contributed by atoms with Crippen molar-refractivity contribution < 1.29 is 4.79 Å². The van der Waals surface area contributed by atoms with E-state index in [1.807, 2.05) is 49.4 Å². The molecule has 0 unspecified atom stereocenters. The molecule has 0 radical (unpaired) electrons. The Kier molecular flexibility index (Phi) is 4.81. The fourth-order valence-electron chi connectivity index (χ4n) is 2.10. The van der Waals surface area contributed by atoms with E-state index in [4.69, 9.17) is 0 Å². The smallest absolute Gasteiger partial charge is 0.221 e. The molecule has 2 aromatic heterocycles. The minimum atomic E-state index is -0.0792. The van der Waals surface area contributed by atoms with Gasteiger partial charge in [-0.2, -0.15) is 5.10 Å². The zero-order valence-corrected chi connectivity index (χ0v) is 14.1. The fraction of sp³-hybridized carbons (Fsp3) is 0.118. The maximum Gasteiger partial charge on any atom is 0.221 e. The molecule has 3 rings (SSSR count). The highest BCUT2D eigenvalue weighted by atomic mass is 32.2. The highest BCUT2D eigenvalue weighted by Gasteiger charge is 2.03. The molecule has 1 amide bonds. The van der Waals surface area contributed by atoms with E-state index < -0.39 is 0 Å². The van der Waals surface area contributed by atoms with E-state index >= 15 is 0 Å². The lowest BCUT2D eigenvalue weighted by atomic mass is 10.3. The maximum atomic E-state index is 11.0. The Balaban J connectivity index is 1.69. The van der Waals surface area contributed by atoms with Gasteiger partial charge in [-0.3, -0.25) is 9.89 Å². The van der Waals surface area contributed by atoms with Crippen molar-refractivity contribution in [2.24, 2.45) is 0 Å². The van der Waals surface area contributed by atoms with Crippen LogP contribution in [-0.4, -0.2) is 21.1 Å². The molecule has 0 fully saturated rings. The highest BCUT2D eigenvalue weighted by molar-refractivity contribution is 7.99. The van der Waals surface area contributed by atoms with Crippen molar-refractivity contribution in [2.45, 2.75) is 23.8 Å².